The predicted molar refractivity (Wildman–Crippen MR) is 108 cm³/mol. The Morgan fingerprint density at radius 3 is 2.81 bits per heavy atom. The Hall–Kier alpha value is -2.18. The van der Waals surface area contributed by atoms with Crippen molar-refractivity contribution in [2.45, 2.75) is 52.1 Å². The summed E-state index contributed by atoms with van der Waals surface area (Å²) in [6, 6.07) is 5.89. The van der Waals surface area contributed by atoms with Crippen LogP contribution >= 0.6 is 0 Å². The highest BCUT2D eigenvalue weighted by atomic mass is 16.3. The molecule has 0 amide bonds. The van der Waals surface area contributed by atoms with E-state index in [0.717, 1.165) is 17.5 Å². The van der Waals surface area contributed by atoms with E-state index in [-0.39, 0.29) is 11.1 Å². The number of hydrogen-bond donors (Lipinski definition) is 2. The van der Waals surface area contributed by atoms with Gasteiger partial charge >= 0.3 is 0 Å². The van der Waals surface area contributed by atoms with Gasteiger partial charge < -0.3 is 19.6 Å². The lowest BCUT2D eigenvalue weighted by Gasteiger charge is -2.35. The molecular formula is C21H28N4O2. The lowest BCUT2D eigenvalue weighted by molar-refractivity contribution is 0.171. The van der Waals surface area contributed by atoms with Gasteiger partial charge in [-0.15, -0.1) is 0 Å². The molecule has 0 spiro atoms. The van der Waals surface area contributed by atoms with Crippen molar-refractivity contribution >= 4 is 22.1 Å². The molecule has 0 radical (unpaired) electrons. The van der Waals surface area contributed by atoms with Gasteiger partial charge in [-0.05, 0) is 58.8 Å². The number of H-pyrrole nitrogens is 1. The zero-order valence-corrected chi connectivity index (χ0v) is 16.4. The molecular weight excluding hydrogens is 340 g/mol. The fourth-order valence-electron chi connectivity index (χ4n) is 3.95. The van der Waals surface area contributed by atoms with Crippen molar-refractivity contribution in [3.05, 3.63) is 39.9 Å². The van der Waals surface area contributed by atoms with Gasteiger partial charge in [0.2, 0.25) is 5.58 Å². The van der Waals surface area contributed by atoms with Crippen molar-refractivity contribution in [2.75, 3.05) is 19.6 Å². The maximum Gasteiger partial charge on any atom is 0.294 e. The molecule has 1 aliphatic heterocycles. The molecule has 144 valence electrons. The number of hydrogen-bond acceptors (Lipinski definition) is 5. The number of nitrogens with zero attached hydrogens (tertiary/aromatic N) is 2. The minimum Gasteiger partial charge on any atom is -0.449 e. The number of aromatic amines is 1. The second-order valence-corrected chi connectivity index (χ2v) is 8.37. The molecule has 3 heterocycles. The van der Waals surface area contributed by atoms with Gasteiger partial charge in [-0.2, -0.15) is 0 Å². The van der Waals surface area contributed by atoms with Gasteiger partial charge in [0.25, 0.3) is 5.56 Å². The molecule has 6 heteroatoms. The van der Waals surface area contributed by atoms with Gasteiger partial charge in [0.05, 0.1) is 6.54 Å². The average molecular weight is 368 g/mol. The SMILES string of the molecule is Cc1ccc2oc3c(=O)[nH]c(CNC(C)(C)CN4CCCCC4)nc3c2c1. The molecule has 6 nitrogen and oxygen atoms in total. The van der Waals surface area contributed by atoms with Crippen LogP contribution in [-0.4, -0.2) is 40.0 Å². The Morgan fingerprint density at radius 2 is 2.04 bits per heavy atom. The van der Waals surface area contributed by atoms with Crippen molar-refractivity contribution in [1.82, 2.24) is 20.2 Å². The van der Waals surface area contributed by atoms with Crippen LogP contribution in [-0.2, 0) is 6.54 Å². The minimum absolute atomic E-state index is 0.0556. The molecule has 0 unspecified atom stereocenters. The molecule has 2 N–H and O–H groups in total. The average Bonchev–Trinajstić information content (AvgIpc) is 2.99. The predicted octanol–water partition coefficient (Wildman–Crippen LogP) is 3.33. The molecule has 4 rings (SSSR count). The van der Waals surface area contributed by atoms with E-state index in [1.54, 1.807) is 0 Å². The van der Waals surface area contributed by atoms with Crippen molar-refractivity contribution in [1.29, 1.82) is 0 Å². The number of likely N-dealkylation sites (tertiary alicyclic amines) is 1. The van der Waals surface area contributed by atoms with E-state index in [9.17, 15) is 4.79 Å². The van der Waals surface area contributed by atoms with Crippen LogP contribution in [0.15, 0.2) is 27.4 Å². The van der Waals surface area contributed by atoms with Crippen molar-refractivity contribution < 1.29 is 4.42 Å². The Morgan fingerprint density at radius 1 is 1.26 bits per heavy atom. The van der Waals surface area contributed by atoms with Gasteiger partial charge in [-0.25, -0.2) is 4.98 Å². The Kier molecular flexibility index (Phi) is 4.78. The second kappa shape index (κ2) is 7.09. The van der Waals surface area contributed by atoms with Crippen LogP contribution in [0.4, 0.5) is 0 Å². The number of benzene rings is 1. The van der Waals surface area contributed by atoms with Crippen LogP contribution in [0, 0.1) is 6.92 Å². The number of nitrogens with one attached hydrogen (secondary N) is 2. The topological polar surface area (TPSA) is 74.2 Å². The zero-order chi connectivity index (χ0) is 19.0. The first-order valence-electron chi connectivity index (χ1n) is 9.81. The number of piperidine rings is 1. The summed E-state index contributed by atoms with van der Waals surface area (Å²) in [5.41, 5.74) is 2.48. The van der Waals surface area contributed by atoms with E-state index in [2.05, 4.69) is 34.0 Å². The number of fused-ring (bicyclic) bond motifs is 3. The van der Waals surface area contributed by atoms with Crippen molar-refractivity contribution in [3.8, 4) is 0 Å². The summed E-state index contributed by atoms with van der Waals surface area (Å²) in [6.07, 6.45) is 3.91. The Bertz CT molecular complexity index is 1010. The largest absolute Gasteiger partial charge is 0.449 e. The third-order valence-corrected chi connectivity index (χ3v) is 5.33. The van der Waals surface area contributed by atoms with Crippen molar-refractivity contribution in [2.24, 2.45) is 0 Å². The lowest BCUT2D eigenvalue weighted by atomic mass is 10.0. The number of aromatic nitrogens is 2. The van der Waals surface area contributed by atoms with Crippen LogP contribution < -0.4 is 10.9 Å². The van der Waals surface area contributed by atoms with E-state index in [1.165, 1.54) is 32.4 Å². The normalized spacial score (nSPS) is 16.4. The third-order valence-electron chi connectivity index (χ3n) is 5.33. The minimum atomic E-state index is -0.223. The van der Waals surface area contributed by atoms with Gasteiger partial charge in [0.1, 0.15) is 16.9 Å². The van der Waals surface area contributed by atoms with E-state index in [4.69, 9.17) is 4.42 Å². The summed E-state index contributed by atoms with van der Waals surface area (Å²) in [6.45, 7) is 10.3. The smallest absolute Gasteiger partial charge is 0.294 e. The maximum atomic E-state index is 12.5. The summed E-state index contributed by atoms with van der Waals surface area (Å²) in [5.74, 6) is 0.642. The standard InChI is InChI=1S/C21H28N4O2/c1-14-7-8-16-15(11-14)18-19(27-16)20(26)24-17(23-18)12-22-21(2,3)13-25-9-5-4-6-10-25/h7-8,11,22H,4-6,9-10,12-13H2,1-3H3,(H,23,24,26). The van der Waals surface area contributed by atoms with E-state index in [1.807, 2.05) is 25.1 Å². The van der Waals surface area contributed by atoms with Gasteiger partial charge in [0.15, 0.2) is 0 Å². The second-order valence-electron chi connectivity index (χ2n) is 8.37. The molecule has 0 atom stereocenters. The quantitative estimate of drug-likeness (QED) is 0.723. The summed E-state index contributed by atoms with van der Waals surface area (Å²) >= 11 is 0. The molecule has 1 saturated heterocycles. The molecule has 1 aliphatic rings. The summed E-state index contributed by atoms with van der Waals surface area (Å²) in [7, 11) is 0. The molecule has 3 aromatic rings. The molecule has 1 fully saturated rings. The van der Waals surface area contributed by atoms with E-state index >= 15 is 0 Å². The van der Waals surface area contributed by atoms with E-state index in [0.29, 0.717) is 29.1 Å². The molecule has 2 aromatic heterocycles. The summed E-state index contributed by atoms with van der Waals surface area (Å²) < 4.78 is 5.71. The first kappa shape index (κ1) is 18.2. The van der Waals surface area contributed by atoms with Crippen LogP contribution in [0.3, 0.4) is 0 Å². The summed E-state index contributed by atoms with van der Waals surface area (Å²) in [4.78, 5) is 22.5. The number of furan rings is 1. The highest BCUT2D eigenvalue weighted by Gasteiger charge is 2.23. The first-order chi connectivity index (χ1) is 12.9. The maximum absolute atomic E-state index is 12.5. The van der Waals surface area contributed by atoms with Crippen LogP contribution in [0.2, 0.25) is 0 Å². The van der Waals surface area contributed by atoms with Gasteiger partial charge in [0, 0.05) is 17.5 Å². The third kappa shape index (κ3) is 3.92. The zero-order valence-electron chi connectivity index (χ0n) is 16.4. The monoisotopic (exact) mass is 368 g/mol. The van der Waals surface area contributed by atoms with Crippen LogP contribution in [0.5, 0.6) is 0 Å². The van der Waals surface area contributed by atoms with Crippen LogP contribution in [0.25, 0.3) is 22.1 Å². The molecule has 0 saturated carbocycles. The van der Waals surface area contributed by atoms with Gasteiger partial charge in [-0.3, -0.25) is 4.79 Å². The van der Waals surface area contributed by atoms with Crippen LogP contribution in [0.1, 0.15) is 44.5 Å². The summed E-state index contributed by atoms with van der Waals surface area (Å²) in [5, 5.41) is 4.45. The highest BCUT2D eigenvalue weighted by molar-refractivity contribution is 6.02. The molecule has 1 aromatic carbocycles. The molecule has 0 aliphatic carbocycles. The Balaban J connectivity index is 1.55. The number of rotatable bonds is 5. The number of aryl methyl sites for hydroxylation is 1. The van der Waals surface area contributed by atoms with Gasteiger partial charge in [-0.1, -0.05) is 18.1 Å². The fraction of sp³-hybridized carbons (Fsp3) is 0.524. The van der Waals surface area contributed by atoms with Crippen molar-refractivity contribution in [3.63, 3.8) is 0 Å². The molecule has 0 bridgehead atoms. The Labute approximate surface area is 159 Å². The van der Waals surface area contributed by atoms with E-state index < -0.39 is 0 Å². The lowest BCUT2D eigenvalue weighted by Crippen LogP contribution is -2.50. The fourth-order valence-corrected chi connectivity index (χ4v) is 3.95. The highest BCUT2D eigenvalue weighted by Crippen LogP contribution is 2.25. The molecule has 27 heavy (non-hydrogen) atoms. The first-order valence-corrected chi connectivity index (χ1v) is 9.81.